The van der Waals surface area contributed by atoms with Gasteiger partial charge in [0.15, 0.2) is 6.61 Å². The maximum Gasteiger partial charge on any atom is 0.416 e. The van der Waals surface area contributed by atoms with Crippen LogP contribution in [0.15, 0.2) is 67.0 Å². The lowest BCUT2D eigenvalue weighted by atomic mass is 9.91. The van der Waals surface area contributed by atoms with Crippen LogP contribution in [0, 0.1) is 0 Å². The molecule has 2 aromatic carbocycles. The van der Waals surface area contributed by atoms with Crippen molar-refractivity contribution in [3.8, 4) is 17.0 Å². The van der Waals surface area contributed by atoms with Crippen LogP contribution >= 0.6 is 0 Å². The molecule has 0 saturated carbocycles. The Hall–Kier alpha value is -3.42. The first kappa shape index (κ1) is 21.8. The number of halogens is 3. The van der Waals surface area contributed by atoms with Crippen LogP contribution in [-0.2, 0) is 11.0 Å². The minimum atomic E-state index is -4.44. The number of hydrogen-bond acceptors (Lipinski definition) is 4. The van der Waals surface area contributed by atoms with Crippen LogP contribution in [0.25, 0.3) is 11.3 Å². The lowest BCUT2D eigenvalue weighted by Gasteiger charge is -2.33. The second kappa shape index (κ2) is 9.38. The summed E-state index contributed by atoms with van der Waals surface area (Å²) in [5.74, 6) is 0.362. The molecule has 3 aromatic rings. The molecule has 0 aliphatic carbocycles. The van der Waals surface area contributed by atoms with Crippen molar-refractivity contribution < 1.29 is 22.7 Å². The van der Waals surface area contributed by atoms with Crippen molar-refractivity contribution in [2.45, 2.75) is 24.9 Å². The van der Waals surface area contributed by atoms with Crippen molar-refractivity contribution in [3.63, 3.8) is 0 Å². The fraction of sp³-hybridized carbons (Fsp3) is 0.292. The molecular weight excluding hydrogens is 419 g/mol. The zero-order valence-electron chi connectivity index (χ0n) is 17.3. The number of alkyl halides is 3. The van der Waals surface area contributed by atoms with E-state index in [2.05, 4.69) is 9.97 Å². The van der Waals surface area contributed by atoms with E-state index < -0.39 is 11.7 Å². The van der Waals surface area contributed by atoms with Gasteiger partial charge in [0.2, 0.25) is 0 Å². The molecule has 166 valence electrons. The molecule has 5 nitrogen and oxygen atoms in total. The monoisotopic (exact) mass is 441 g/mol. The summed E-state index contributed by atoms with van der Waals surface area (Å²) in [7, 11) is 0. The van der Waals surface area contributed by atoms with Gasteiger partial charge in [-0.3, -0.25) is 14.8 Å². The van der Waals surface area contributed by atoms with E-state index in [4.69, 9.17) is 4.74 Å². The van der Waals surface area contributed by atoms with Crippen LogP contribution in [0.1, 0.15) is 30.0 Å². The highest BCUT2D eigenvalue weighted by Gasteiger charge is 2.32. The Kier molecular flexibility index (Phi) is 6.39. The minimum Gasteiger partial charge on any atom is -0.484 e. The van der Waals surface area contributed by atoms with Crippen LogP contribution in [-0.4, -0.2) is 40.5 Å². The molecule has 4 rings (SSSR count). The number of para-hydroxylation sites is 1. The van der Waals surface area contributed by atoms with Gasteiger partial charge in [0.05, 0.1) is 17.0 Å². The molecule has 1 saturated heterocycles. The maximum atomic E-state index is 13.2. The summed E-state index contributed by atoms with van der Waals surface area (Å²) >= 11 is 0. The van der Waals surface area contributed by atoms with Crippen LogP contribution in [0.4, 0.5) is 13.2 Å². The smallest absolute Gasteiger partial charge is 0.416 e. The second-order valence-electron chi connectivity index (χ2n) is 7.65. The molecule has 8 heteroatoms. The number of rotatable bonds is 5. The van der Waals surface area contributed by atoms with Gasteiger partial charge in [-0.15, -0.1) is 0 Å². The van der Waals surface area contributed by atoms with E-state index in [1.807, 2.05) is 18.2 Å². The van der Waals surface area contributed by atoms with Gasteiger partial charge < -0.3 is 9.64 Å². The average Bonchev–Trinajstić information content (AvgIpc) is 2.83. The zero-order valence-corrected chi connectivity index (χ0v) is 17.3. The Labute approximate surface area is 183 Å². The fourth-order valence-corrected chi connectivity index (χ4v) is 3.89. The number of nitrogens with zero attached hydrogens (tertiary/aromatic N) is 3. The first-order valence-electron chi connectivity index (χ1n) is 10.4. The topological polar surface area (TPSA) is 55.3 Å². The second-order valence-corrected chi connectivity index (χ2v) is 7.65. The maximum absolute atomic E-state index is 13.2. The third-order valence-electron chi connectivity index (χ3n) is 5.46. The van der Waals surface area contributed by atoms with E-state index in [-0.39, 0.29) is 18.4 Å². The number of piperidine rings is 1. The number of benzene rings is 2. The molecule has 32 heavy (non-hydrogen) atoms. The summed E-state index contributed by atoms with van der Waals surface area (Å²) < 4.78 is 45.1. The molecule has 1 fully saturated rings. The molecule has 1 aromatic heterocycles. The van der Waals surface area contributed by atoms with E-state index in [0.29, 0.717) is 35.8 Å². The summed E-state index contributed by atoms with van der Waals surface area (Å²) in [5.41, 5.74) is 0.649. The molecule has 0 N–H and O–H groups in total. The van der Waals surface area contributed by atoms with Crippen molar-refractivity contribution in [1.82, 2.24) is 14.9 Å². The highest BCUT2D eigenvalue weighted by atomic mass is 19.4. The lowest BCUT2D eigenvalue weighted by molar-refractivity contribution is -0.137. The molecule has 1 atom stereocenters. The van der Waals surface area contributed by atoms with E-state index in [1.54, 1.807) is 23.1 Å². The lowest BCUT2D eigenvalue weighted by Crippen LogP contribution is -2.41. The molecule has 1 amide bonds. The Bertz CT molecular complexity index is 1070. The predicted molar refractivity (Wildman–Crippen MR) is 113 cm³/mol. The molecule has 0 spiro atoms. The number of ether oxygens (including phenoxy) is 1. The Balaban J connectivity index is 1.51. The van der Waals surface area contributed by atoms with Gasteiger partial charge in [0.25, 0.3) is 5.91 Å². The minimum absolute atomic E-state index is 0.0717. The molecule has 1 unspecified atom stereocenters. The number of aromatic nitrogens is 2. The number of carbonyl (C=O) groups excluding carboxylic acids is 1. The van der Waals surface area contributed by atoms with Gasteiger partial charge in [-0.2, -0.15) is 13.2 Å². The Morgan fingerprint density at radius 3 is 2.62 bits per heavy atom. The van der Waals surface area contributed by atoms with E-state index in [1.165, 1.54) is 18.5 Å². The summed E-state index contributed by atoms with van der Waals surface area (Å²) in [6, 6.07) is 14.2. The van der Waals surface area contributed by atoms with Crippen molar-refractivity contribution in [2.75, 3.05) is 19.7 Å². The highest BCUT2D eigenvalue weighted by Crippen LogP contribution is 2.35. The van der Waals surface area contributed by atoms with Crippen molar-refractivity contribution >= 4 is 5.91 Å². The number of likely N-dealkylation sites (tertiary alicyclic amines) is 1. The predicted octanol–water partition coefficient (Wildman–Crippen LogP) is 4.95. The third kappa shape index (κ3) is 5.07. The normalized spacial score (nSPS) is 16.6. The van der Waals surface area contributed by atoms with Crippen LogP contribution in [0.3, 0.4) is 0 Å². The molecular formula is C24H22F3N3O2. The SMILES string of the molecule is O=C(COc1ccccc1)N1CCCC(c2nccnc2-c2cccc(C(F)(F)F)c2)C1. The van der Waals surface area contributed by atoms with Gasteiger partial charge in [-0.05, 0) is 37.1 Å². The highest BCUT2D eigenvalue weighted by molar-refractivity contribution is 5.78. The molecule has 0 radical (unpaired) electrons. The number of carbonyl (C=O) groups is 1. The Morgan fingerprint density at radius 2 is 1.84 bits per heavy atom. The summed E-state index contributed by atoms with van der Waals surface area (Å²) in [6.45, 7) is 0.950. The fourth-order valence-electron chi connectivity index (χ4n) is 3.89. The standard InChI is InChI=1S/C24H22F3N3O2/c25-24(26,27)19-8-4-6-17(14-19)22-23(29-12-11-28-22)18-7-5-13-30(15-18)21(31)16-32-20-9-2-1-3-10-20/h1-4,6,8-12,14,18H,5,7,13,15-16H2. The van der Waals surface area contributed by atoms with Gasteiger partial charge in [0, 0.05) is 37.0 Å². The quantitative estimate of drug-likeness (QED) is 0.562. The zero-order chi connectivity index (χ0) is 22.6. The average molecular weight is 441 g/mol. The van der Waals surface area contributed by atoms with E-state index in [0.717, 1.165) is 25.0 Å². The summed E-state index contributed by atoms with van der Waals surface area (Å²) in [5, 5.41) is 0. The van der Waals surface area contributed by atoms with Gasteiger partial charge in [-0.25, -0.2) is 0 Å². The molecule has 1 aliphatic rings. The largest absolute Gasteiger partial charge is 0.484 e. The Morgan fingerprint density at radius 1 is 1.06 bits per heavy atom. The summed E-state index contributed by atoms with van der Waals surface area (Å²) in [6.07, 6.45) is 0.101. The van der Waals surface area contributed by atoms with Gasteiger partial charge in [-0.1, -0.05) is 30.3 Å². The van der Waals surface area contributed by atoms with Crippen molar-refractivity contribution in [3.05, 3.63) is 78.2 Å². The van der Waals surface area contributed by atoms with Crippen LogP contribution in [0.5, 0.6) is 5.75 Å². The van der Waals surface area contributed by atoms with Crippen molar-refractivity contribution in [1.29, 1.82) is 0 Å². The molecule has 0 bridgehead atoms. The first-order valence-corrected chi connectivity index (χ1v) is 10.4. The van der Waals surface area contributed by atoms with Gasteiger partial charge in [0.1, 0.15) is 5.75 Å². The number of hydrogen-bond donors (Lipinski definition) is 0. The van der Waals surface area contributed by atoms with Crippen LogP contribution in [0.2, 0.25) is 0 Å². The van der Waals surface area contributed by atoms with Crippen molar-refractivity contribution in [2.24, 2.45) is 0 Å². The van der Waals surface area contributed by atoms with Gasteiger partial charge >= 0.3 is 6.18 Å². The molecule has 1 aliphatic heterocycles. The van der Waals surface area contributed by atoms with E-state index in [9.17, 15) is 18.0 Å². The third-order valence-corrected chi connectivity index (χ3v) is 5.46. The van der Waals surface area contributed by atoms with E-state index >= 15 is 0 Å². The van der Waals surface area contributed by atoms with Crippen LogP contribution < -0.4 is 4.74 Å². The summed E-state index contributed by atoms with van der Waals surface area (Å²) in [4.78, 5) is 23.2. The molecule has 2 heterocycles. The number of amides is 1. The first-order chi connectivity index (χ1) is 15.4.